The number of benzene rings is 9. The minimum Gasteiger partial charge on any atom is -0.310 e. The van der Waals surface area contributed by atoms with Gasteiger partial charge in [0.05, 0.1) is 22.3 Å². The lowest BCUT2D eigenvalue weighted by molar-refractivity contribution is 0.793. The van der Waals surface area contributed by atoms with Gasteiger partial charge in [0.2, 0.25) is 0 Å². The minimum absolute atomic E-state index is 0.459. The van der Waals surface area contributed by atoms with E-state index in [9.17, 15) is 0 Å². The summed E-state index contributed by atoms with van der Waals surface area (Å²) in [6, 6.07) is 86.3. The molecule has 0 unspecified atom stereocenters. The maximum atomic E-state index is 5.52. The summed E-state index contributed by atoms with van der Waals surface area (Å²) in [6.45, 7) is 0. The Labute approximate surface area is 366 Å². The number of nitrogens with zero attached hydrogens (tertiary/aromatic N) is 3. The summed E-state index contributed by atoms with van der Waals surface area (Å²) < 4.78 is 2.18. The topological polar surface area (TPSA) is 20.5 Å². The fraction of sp³-hybridized carbons (Fsp3) is 0.0167. The first-order valence-corrected chi connectivity index (χ1v) is 21.7. The molecular weight excluding hydrogens is 763 g/mol. The Bertz CT molecular complexity index is 3490. The van der Waals surface area contributed by atoms with Crippen LogP contribution in [0, 0.1) is 0 Å². The number of aromatic nitrogens is 2. The molecule has 0 amide bonds. The summed E-state index contributed by atoms with van der Waals surface area (Å²) >= 11 is 0. The quantitative estimate of drug-likeness (QED) is 0.167. The molecule has 2 aromatic heterocycles. The second kappa shape index (κ2) is 13.9. The van der Waals surface area contributed by atoms with Crippen molar-refractivity contribution in [3.8, 4) is 55.9 Å². The van der Waals surface area contributed by atoms with Crippen molar-refractivity contribution in [1.82, 2.24) is 9.61 Å². The largest absolute Gasteiger partial charge is 0.310 e. The fourth-order valence-electron chi connectivity index (χ4n) is 10.9. The molecule has 0 fully saturated rings. The predicted octanol–water partition coefficient (Wildman–Crippen LogP) is 15.3. The van der Waals surface area contributed by atoms with E-state index in [4.69, 9.17) is 5.10 Å². The number of pyridine rings is 1. The van der Waals surface area contributed by atoms with Gasteiger partial charge in [0.25, 0.3) is 0 Å². The number of hydrogen-bond acceptors (Lipinski definition) is 2. The van der Waals surface area contributed by atoms with Crippen LogP contribution in [0.2, 0.25) is 0 Å². The van der Waals surface area contributed by atoms with Crippen LogP contribution in [0.15, 0.2) is 237 Å². The van der Waals surface area contributed by atoms with Crippen LogP contribution in [0.25, 0.3) is 72.2 Å². The lowest BCUT2D eigenvalue weighted by Gasteiger charge is -2.32. The summed E-state index contributed by atoms with van der Waals surface area (Å²) in [4.78, 5) is 2.47. The van der Waals surface area contributed by atoms with Crippen LogP contribution in [0.3, 0.4) is 0 Å². The maximum Gasteiger partial charge on any atom is 0.101 e. The third-order valence-electron chi connectivity index (χ3n) is 13.4. The summed E-state index contributed by atoms with van der Waals surface area (Å²) in [7, 11) is 0. The SMILES string of the molecule is c1ccc(-c2nn3c(-c4ccccc4)cc4c(N(c5ccccc5)c5ccc6c(c5)C5(c7ccccc7-c7ccccc75)c5ccccc5-6)cccc4c3c2-c2ccccc2)cc1. The van der Waals surface area contributed by atoms with E-state index in [1.165, 1.54) is 44.5 Å². The van der Waals surface area contributed by atoms with E-state index in [0.29, 0.717) is 0 Å². The molecule has 0 radical (unpaired) electrons. The van der Waals surface area contributed by atoms with Crippen molar-refractivity contribution in [2.45, 2.75) is 5.41 Å². The van der Waals surface area contributed by atoms with E-state index in [0.717, 1.165) is 67.0 Å². The summed E-state index contributed by atoms with van der Waals surface area (Å²) in [5, 5.41) is 7.78. The Hall–Kier alpha value is -8.27. The molecule has 0 N–H and O–H groups in total. The highest BCUT2D eigenvalue weighted by atomic mass is 15.2. The highest BCUT2D eigenvalue weighted by Crippen LogP contribution is 2.63. The van der Waals surface area contributed by atoms with Gasteiger partial charge in [0, 0.05) is 38.8 Å². The summed E-state index contributed by atoms with van der Waals surface area (Å²) in [5.41, 5.74) is 20.8. The number of hydrogen-bond donors (Lipinski definition) is 0. The van der Waals surface area contributed by atoms with Crippen LogP contribution in [-0.2, 0) is 5.41 Å². The first-order chi connectivity index (χ1) is 31.3. The highest BCUT2D eigenvalue weighted by molar-refractivity contribution is 6.13. The molecule has 1 spiro atoms. The average Bonchev–Trinajstić information content (AvgIpc) is 4.00. The summed E-state index contributed by atoms with van der Waals surface area (Å²) in [5.74, 6) is 0. The fourth-order valence-corrected chi connectivity index (χ4v) is 10.9. The van der Waals surface area contributed by atoms with Crippen molar-refractivity contribution < 1.29 is 0 Å². The molecule has 0 bridgehead atoms. The van der Waals surface area contributed by atoms with E-state index in [-0.39, 0.29) is 0 Å². The molecule has 2 heterocycles. The van der Waals surface area contributed by atoms with E-state index in [1.807, 2.05) is 0 Å². The third kappa shape index (κ3) is 5.11. The Kier molecular flexibility index (Phi) is 7.82. The zero-order chi connectivity index (χ0) is 41.5. The number of rotatable bonds is 6. The zero-order valence-corrected chi connectivity index (χ0v) is 34.4. The van der Waals surface area contributed by atoms with Gasteiger partial charge in [-0.1, -0.05) is 200 Å². The molecule has 11 aromatic rings. The van der Waals surface area contributed by atoms with Gasteiger partial charge in [-0.2, -0.15) is 5.10 Å². The van der Waals surface area contributed by atoms with Gasteiger partial charge < -0.3 is 4.90 Å². The van der Waals surface area contributed by atoms with Crippen molar-refractivity contribution >= 4 is 33.4 Å². The molecule has 3 heteroatoms. The van der Waals surface area contributed by atoms with Crippen molar-refractivity contribution in [3.63, 3.8) is 0 Å². The van der Waals surface area contributed by atoms with Gasteiger partial charge in [-0.3, -0.25) is 0 Å². The standard InChI is InChI=1S/C60H39N3/c1-5-20-40(21-6-1)56-39-50-49(59-57(41-22-7-2-8-23-41)58(61-63(56)59)42-24-9-3-10-25-42)31-19-35-55(50)62(43-26-11-4-12-27-43)44-36-37-48-47-30-15-18-34-53(47)60(54(48)38-44)51-32-16-13-28-45(51)46-29-14-17-33-52(46)60/h1-39H. The maximum absolute atomic E-state index is 5.52. The van der Waals surface area contributed by atoms with Crippen LogP contribution in [0.1, 0.15) is 22.3 Å². The number of para-hydroxylation sites is 1. The van der Waals surface area contributed by atoms with Crippen molar-refractivity contribution in [1.29, 1.82) is 0 Å². The molecule has 0 saturated carbocycles. The van der Waals surface area contributed by atoms with Gasteiger partial charge in [0.1, 0.15) is 5.69 Å². The molecule has 294 valence electrons. The molecule has 9 aromatic carbocycles. The van der Waals surface area contributed by atoms with Crippen LogP contribution < -0.4 is 4.90 Å². The van der Waals surface area contributed by atoms with Crippen LogP contribution in [0.4, 0.5) is 17.1 Å². The predicted molar refractivity (Wildman–Crippen MR) is 260 cm³/mol. The van der Waals surface area contributed by atoms with Crippen LogP contribution in [-0.4, -0.2) is 9.61 Å². The molecule has 2 aliphatic rings. The van der Waals surface area contributed by atoms with E-state index in [1.54, 1.807) is 0 Å². The van der Waals surface area contributed by atoms with Gasteiger partial charge in [0.15, 0.2) is 0 Å². The van der Waals surface area contributed by atoms with Gasteiger partial charge in [-0.15, -0.1) is 0 Å². The average molecular weight is 802 g/mol. The van der Waals surface area contributed by atoms with E-state index in [2.05, 4.69) is 246 Å². The lowest BCUT2D eigenvalue weighted by atomic mass is 9.70. The molecule has 63 heavy (non-hydrogen) atoms. The number of anilines is 3. The molecular formula is C60H39N3. The van der Waals surface area contributed by atoms with Crippen molar-refractivity contribution in [3.05, 3.63) is 259 Å². The third-order valence-corrected chi connectivity index (χ3v) is 13.4. The van der Waals surface area contributed by atoms with Gasteiger partial charge in [-0.05, 0) is 86.5 Å². The number of fused-ring (bicyclic) bond motifs is 13. The Morgan fingerprint density at radius 1 is 0.365 bits per heavy atom. The minimum atomic E-state index is -0.459. The Morgan fingerprint density at radius 3 is 1.48 bits per heavy atom. The first-order valence-electron chi connectivity index (χ1n) is 21.7. The molecule has 3 nitrogen and oxygen atoms in total. The van der Waals surface area contributed by atoms with E-state index < -0.39 is 5.41 Å². The van der Waals surface area contributed by atoms with Crippen molar-refractivity contribution in [2.75, 3.05) is 4.90 Å². The van der Waals surface area contributed by atoms with Crippen LogP contribution >= 0.6 is 0 Å². The van der Waals surface area contributed by atoms with Crippen LogP contribution in [0.5, 0.6) is 0 Å². The lowest BCUT2D eigenvalue weighted by Crippen LogP contribution is -2.26. The van der Waals surface area contributed by atoms with Gasteiger partial charge in [-0.25, -0.2) is 4.52 Å². The van der Waals surface area contributed by atoms with Gasteiger partial charge >= 0.3 is 0 Å². The van der Waals surface area contributed by atoms with E-state index >= 15 is 0 Å². The Morgan fingerprint density at radius 2 is 0.873 bits per heavy atom. The molecule has 2 aliphatic carbocycles. The molecule has 0 aliphatic heterocycles. The Balaban J connectivity index is 1.13. The molecule has 13 rings (SSSR count). The normalized spacial score (nSPS) is 12.9. The second-order valence-electron chi connectivity index (χ2n) is 16.6. The summed E-state index contributed by atoms with van der Waals surface area (Å²) in [6.07, 6.45) is 0. The first kappa shape index (κ1) is 35.5. The molecule has 0 atom stereocenters. The highest BCUT2D eigenvalue weighted by Gasteiger charge is 2.51. The second-order valence-corrected chi connectivity index (χ2v) is 16.6. The van der Waals surface area contributed by atoms with Crippen molar-refractivity contribution in [2.24, 2.45) is 0 Å². The monoisotopic (exact) mass is 801 g/mol. The zero-order valence-electron chi connectivity index (χ0n) is 34.4. The molecule has 0 saturated heterocycles. The smallest absolute Gasteiger partial charge is 0.101 e.